The number of ether oxygens (including phenoxy) is 1. The van der Waals surface area contributed by atoms with Gasteiger partial charge in [-0.3, -0.25) is 19.2 Å². The number of rotatable bonds is 4. The van der Waals surface area contributed by atoms with Gasteiger partial charge in [0.15, 0.2) is 0 Å². The van der Waals surface area contributed by atoms with Gasteiger partial charge in [-0.25, -0.2) is 4.90 Å². The second kappa shape index (κ2) is 8.37. The van der Waals surface area contributed by atoms with Gasteiger partial charge < -0.3 is 9.64 Å². The van der Waals surface area contributed by atoms with Crippen LogP contribution in [0.5, 0.6) is 5.75 Å². The van der Waals surface area contributed by atoms with Gasteiger partial charge in [0.1, 0.15) is 5.75 Å². The number of aryl methyl sites for hydroxylation is 1. The molecule has 2 saturated heterocycles. The van der Waals surface area contributed by atoms with E-state index >= 15 is 0 Å². The molecule has 2 bridgehead atoms. The van der Waals surface area contributed by atoms with Gasteiger partial charge in [-0.1, -0.05) is 48.6 Å². The molecule has 7 heteroatoms. The number of hydrogen-bond donors (Lipinski definition) is 0. The molecule has 0 spiro atoms. The minimum Gasteiger partial charge on any atom is -0.426 e. The number of imide groups is 1. The number of esters is 1. The molecule has 200 valence electrons. The van der Waals surface area contributed by atoms with Crippen LogP contribution in [-0.4, -0.2) is 30.2 Å². The van der Waals surface area contributed by atoms with E-state index in [9.17, 15) is 19.2 Å². The summed E-state index contributed by atoms with van der Waals surface area (Å²) in [6, 6.07) is 18.7. The topological polar surface area (TPSA) is 84.0 Å². The van der Waals surface area contributed by atoms with E-state index in [0.29, 0.717) is 28.8 Å². The van der Waals surface area contributed by atoms with E-state index in [1.54, 1.807) is 23.1 Å². The highest BCUT2D eigenvalue weighted by Gasteiger charge is 2.67. The van der Waals surface area contributed by atoms with Gasteiger partial charge >= 0.3 is 5.97 Å². The molecule has 0 N–H and O–H groups in total. The molecular formula is C33H28N2O5. The standard InChI is InChI=1S/C33H28N2O5/c1-17-13-20(9-12-26(17)35-31(37)29-22-10-11-23(25-15-24(22)25)30(29)32(35)38)40-33(39)19-14-28(36)34(16-19)27-8-4-6-18-5-2-3-7-21(18)27/h2-13,19,22-25,29-30H,14-16H2,1H3/t19-,22+,23+,24-,25+,29-,30+/m1/s1. The van der Waals surface area contributed by atoms with E-state index in [1.807, 2.05) is 49.4 Å². The summed E-state index contributed by atoms with van der Waals surface area (Å²) in [7, 11) is 0. The van der Waals surface area contributed by atoms with Crippen LogP contribution in [0.25, 0.3) is 10.8 Å². The SMILES string of the molecule is Cc1cc(OC(=O)[C@@H]2CC(=O)N(c3cccc4ccccc34)C2)ccc1N1C(=O)[C@@H]2[C@H]3C=C[C@@H]([C@@H]4C[C@H]34)[C@@H]2C1=O. The summed E-state index contributed by atoms with van der Waals surface area (Å²) in [5, 5.41) is 1.99. The molecule has 40 heavy (non-hydrogen) atoms. The first kappa shape index (κ1) is 23.6. The number of amides is 3. The number of nitrogens with zero attached hydrogens (tertiary/aromatic N) is 2. The maximum absolute atomic E-state index is 13.5. The summed E-state index contributed by atoms with van der Waals surface area (Å²) in [6.45, 7) is 2.07. The van der Waals surface area contributed by atoms with Crippen LogP contribution in [0.2, 0.25) is 0 Å². The van der Waals surface area contributed by atoms with Crippen molar-refractivity contribution in [1.29, 1.82) is 0 Å². The summed E-state index contributed by atoms with van der Waals surface area (Å²) in [6.07, 6.45) is 5.54. The third kappa shape index (κ3) is 3.30. The summed E-state index contributed by atoms with van der Waals surface area (Å²) < 4.78 is 5.71. The summed E-state index contributed by atoms with van der Waals surface area (Å²) in [5.41, 5.74) is 2.03. The van der Waals surface area contributed by atoms with Crippen LogP contribution in [0.1, 0.15) is 18.4 Å². The number of hydrogen-bond acceptors (Lipinski definition) is 5. The third-order valence-corrected chi connectivity index (χ3v) is 9.81. The zero-order valence-corrected chi connectivity index (χ0v) is 22.0. The van der Waals surface area contributed by atoms with E-state index in [4.69, 9.17) is 4.74 Å². The molecule has 0 unspecified atom stereocenters. The first-order valence-corrected chi connectivity index (χ1v) is 14.1. The Bertz CT molecular complexity index is 1640. The number of carbonyl (C=O) groups excluding carboxylic acids is 4. The van der Waals surface area contributed by atoms with Crippen molar-refractivity contribution < 1.29 is 23.9 Å². The molecule has 4 fully saturated rings. The predicted octanol–water partition coefficient (Wildman–Crippen LogP) is 4.66. The van der Waals surface area contributed by atoms with E-state index in [-0.39, 0.29) is 54.4 Å². The fourth-order valence-electron chi connectivity index (χ4n) is 7.88. The molecular weight excluding hydrogens is 504 g/mol. The third-order valence-electron chi connectivity index (χ3n) is 9.81. The maximum atomic E-state index is 13.5. The number of carbonyl (C=O) groups is 4. The lowest BCUT2D eigenvalue weighted by Crippen LogP contribution is -2.40. The van der Waals surface area contributed by atoms with Crippen LogP contribution in [0.3, 0.4) is 0 Å². The number of allylic oxidation sites excluding steroid dienone is 2. The highest BCUT2D eigenvalue weighted by atomic mass is 16.5. The van der Waals surface area contributed by atoms with Gasteiger partial charge in [0.2, 0.25) is 17.7 Å². The maximum Gasteiger partial charge on any atom is 0.316 e. The molecule has 3 aromatic rings. The lowest BCUT2D eigenvalue weighted by Gasteiger charge is -2.37. The normalized spacial score (nSPS) is 31.6. The lowest BCUT2D eigenvalue weighted by molar-refractivity contribution is -0.139. The molecule has 9 rings (SSSR count). The molecule has 0 radical (unpaired) electrons. The molecule has 4 aliphatic carbocycles. The van der Waals surface area contributed by atoms with Crippen molar-refractivity contribution in [2.24, 2.45) is 41.4 Å². The Hall–Kier alpha value is -4.26. The molecule has 6 aliphatic rings. The van der Waals surface area contributed by atoms with Crippen molar-refractivity contribution in [3.8, 4) is 5.75 Å². The predicted molar refractivity (Wildman–Crippen MR) is 148 cm³/mol. The largest absolute Gasteiger partial charge is 0.426 e. The lowest BCUT2D eigenvalue weighted by atomic mass is 9.63. The quantitative estimate of drug-likeness (QED) is 0.211. The average molecular weight is 533 g/mol. The summed E-state index contributed by atoms with van der Waals surface area (Å²) in [5.74, 6) is -0.120. The first-order chi connectivity index (χ1) is 19.4. The van der Waals surface area contributed by atoms with Crippen LogP contribution >= 0.6 is 0 Å². The van der Waals surface area contributed by atoms with Crippen molar-refractivity contribution in [3.63, 3.8) is 0 Å². The van der Waals surface area contributed by atoms with Gasteiger partial charge in [0, 0.05) is 18.4 Å². The Morgan fingerprint density at radius 3 is 2.27 bits per heavy atom. The van der Waals surface area contributed by atoms with Gasteiger partial charge in [0.25, 0.3) is 0 Å². The van der Waals surface area contributed by atoms with Gasteiger partial charge in [-0.05, 0) is 72.2 Å². The highest BCUT2D eigenvalue weighted by molar-refractivity contribution is 6.23. The average Bonchev–Trinajstić information content (AvgIpc) is 3.64. The van der Waals surface area contributed by atoms with Gasteiger partial charge in [0.05, 0.1) is 29.1 Å². The summed E-state index contributed by atoms with van der Waals surface area (Å²) in [4.78, 5) is 56.1. The fraction of sp³-hybridized carbons (Fsp3) is 0.333. The molecule has 3 aromatic carbocycles. The molecule has 0 aromatic heterocycles. The second-order valence-corrected chi connectivity index (χ2v) is 11.9. The Morgan fingerprint density at radius 2 is 1.55 bits per heavy atom. The van der Waals surface area contributed by atoms with Crippen molar-refractivity contribution in [2.75, 3.05) is 16.3 Å². The smallest absolute Gasteiger partial charge is 0.316 e. The van der Waals surface area contributed by atoms with Gasteiger partial charge in [-0.15, -0.1) is 0 Å². The fourth-order valence-corrected chi connectivity index (χ4v) is 7.88. The van der Waals surface area contributed by atoms with Crippen LogP contribution in [0.15, 0.2) is 72.8 Å². The number of fused-ring (bicyclic) bond motifs is 1. The van der Waals surface area contributed by atoms with Crippen molar-refractivity contribution >= 4 is 45.8 Å². The van der Waals surface area contributed by atoms with Crippen LogP contribution in [-0.2, 0) is 19.2 Å². The molecule has 7 atom stereocenters. The Labute approximate surface area is 231 Å². The van der Waals surface area contributed by atoms with Gasteiger partial charge in [-0.2, -0.15) is 0 Å². The zero-order valence-electron chi connectivity index (χ0n) is 22.0. The van der Waals surface area contributed by atoms with Crippen molar-refractivity contribution in [2.45, 2.75) is 19.8 Å². The van der Waals surface area contributed by atoms with E-state index in [2.05, 4.69) is 12.2 Å². The Balaban J connectivity index is 0.993. The molecule has 2 saturated carbocycles. The van der Waals surface area contributed by atoms with Crippen molar-refractivity contribution in [3.05, 3.63) is 78.4 Å². The highest BCUT2D eigenvalue weighted by Crippen LogP contribution is 2.65. The summed E-state index contributed by atoms with van der Waals surface area (Å²) >= 11 is 0. The molecule has 2 heterocycles. The second-order valence-electron chi connectivity index (χ2n) is 11.9. The number of anilines is 2. The van der Waals surface area contributed by atoms with Crippen LogP contribution in [0, 0.1) is 48.3 Å². The zero-order chi connectivity index (χ0) is 27.3. The first-order valence-electron chi connectivity index (χ1n) is 14.1. The minimum absolute atomic E-state index is 0.0804. The van der Waals surface area contributed by atoms with E-state index < -0.39 is 11.9 Å². The van der Waals surface area contributed by atoms with Crippen LogP contribution < -0.4 is 14.5 Å². The Kier molecular flexibility index (Phi) is 4.94. The molecule has 2 aliphatic heterocycles. The van der Waals surface area contributed by atoms with Crippen molar-refractivity contribution in [1.82, 2.24) is 0 Å². The van der Waals surface area contributed by atoms with Crippen LogP contribution in [0.4, 0.5) is 11.4 Å². The molecule has 3 amide bonds. The number of benzene rings is 3. The monoisotopic (exact) mass is 532 g/mol. The minimum atomic E-state index is -0.592. The van der Waals surface area contributed by atoms with E-state index in [0.717, 1.165) is 22.9 Å². The molecule has 7 nitrogen and oxygen atoms in total. The Morgan fingerprint density at radius 1 is 0.850 bits per heavy atom. The van der Waals surface area contributed by atoms with E-state index in [1.165, 1.54) is 4.90 Å².